The van der Waals surface area contributed by atoms with E-state index in [-0.39, 0.29) is 5.56 Å². The van der Waals surface area contributed by atoms with Crippen molar-refractivity contribution in [3.05, 3.63) is 58.1 Å². The van der Waals surface area contributed by atoms with Crippen LogP contribution in [0.2, 0.25) is 0 Å². The number of hydrogen-bond acceptors (Lipinski definition) is 3. The zero-order chi connectivity index (χ0) is 14.7. The molecule has 0 bridgehead atoms. The molecule has 0 saturated carbocycles. The monoisotopic (exact) mass is 334 g/mol. The predicted octanol–water partition coefficient (Wildman–Crippen LogP) is 3.37. The SMILES string of the molecule is CN(Cc1cccc(Br)c1)c1ccc(C(=O)O)cc1N. The van der Waals surface area contributed by atoms with Gasteiger partial charge in [-0.2, -0.15) is 0 Å². The van der Waals surface area contributed by atoms with Crippen molar-refractivity contribution in [1.82, 2.24) is 0 Å². The van der Waals surface area contributed by atoms with Crippen LogP contribution in [0, 0.1) is 0 Å². The molecule has 3 N–H and O–H groups in total. The van der Waals surface area contributed by atoms with E-state index in [1.165, 1.54) is 6.07 Å². The second kappa shape index (κ2) is 5.96. The number of nitrogens with two attached hydrogens (primary N) is 1. The summed E-state index contributed by atoms with van der Waals surface area (Å²) in [5.41, 5.74) is 8.54. The molecule has 2 aromatic carbocycles. The number of carbonyl (C=O) groups is 1. The molecule has 104 valence electrons. The van der Waals surface area contributed by atoms with Gasteiger partial charge in [0.05, 0.1) is 16.9 Å². The van der Waals surface area contributed by atoms with Gasteiger partial charge in [-0.3, -0.25) is 0 Å². The Bertz CT molecular complexity index is 644. The topological polar surface area (TPSA) is 66.6 Å². The quantitative estimate of drug-likeness (QED) is 0.841. The fraction of sp³-hybridized carbons (Fsp3) is 0.133. The second-order valence-corrected chi connectivity index (χ2v) is 5.48. The van der Waals surface area contributed by atoms with Gasteiger partial charge in [-0.05, 0) is 35.9 Å². The summed E-state index contributed by atoms with van der Waals surface area (Å²) in [5, 5.41) is 8.93. The van der Waals surface area contributed by atoms with Gasteiger partial charge in [-0.1, -0.05) is 28.1 Å². The number of nitrogen functional groups attached to an aromatic ring is 1. The van der Waals surface area contributed by atoms with E-state index in [0.29, 0.717) is 12.2 Å². The molecule has 0 aliphatic carbocycles. The number of halogens is 1. The molecule has 2 aromatic rings. The van der Waals surface area contributed by atoms with Crippen LogP contribution in [0.25, 0.3) is 0 Å². The Kier molecular flexibility index (Phi) is 4.29. The molecule has 0 atom stereocenters. The van der Waals surface area contributed by atoms with Crippen molar-refractivity contribution in [2.24, 2.45) is 0 Å². The maximum absolute atomic E-state index is 10.9. The molecule has 0 amide bonds. The molecular weight excluding hydrogens is 320 g/mol. The number of rotatable bonds is 4. The Morgan fingerprint density at radius 1 is 1.30 bits per heavy atom. The molecular formula is C15H15BrN2O2. The van der Waals surface area contributed by atoms with Gasteiger partial charge in [0.1, 0.15) is 0 Å². The number of carboxylic acids is 1. The summed E-state index contributed by atoms with van der Waals surface area (Å²) < 4.78 is 1.03. The Morgan fingerprint density at radius 2 is 2.05 bits per heavy atom. The smallest absolute Gasteiger partial charge is 0.335 e. The molecule has 0 aliphatic heterocycles. The van der Waals surface area contributed by atoms with Gasteiger partial charge in [0.25, 0.3) is 0 Å². The lowest BCUT2D eigenvalue weighted by Crippen LogP contribution is -2.18. The average Bonchev–Trinajstić information content (AvgIpc) is 2.38. The fourth-order valence-electron chi connectivity index (χ4n) is 2.03. The first kappa shape index (κ1) is 14.4. The third kappa shape index (κ3) is 3.30. The highest BCUT2D eigenvalue weighted by Crippen LogP contribution is 2.25. The van der Waals surface area contributed by atoms with E-state index >= 15 is 0 Å². The minimum Gasteiger partial charge on any atom is -0.478 e. The van der Waals surface area contributed by atoms with Crippen LogP contribution >= 0.6 is 15.9 Å². The Hall–Kier alpha value is -2.01. The largest absolute Gasteiger partial charge is 0.478 e. The number of anilines is 2. The molecule has 2 rings (SSSR count). The van der Waals surface area contributed by atoms with E-state index < -0.39 is 5.97 Å². The lowest BCUT2D eigenvalue weighted by atomic mass is 10.1. The number of carboxylic acid groups (broad SMARTS) is 1. The summed E-state index contributed by atoms with van der Waals surface area (Å²) in [7, 11) is 1.92. The van der Waals surface area contributed by atoms with Gasteiger partial charge < -0.3 is 15.7 Å². The number of benzene rings is 2. The van der Waals surface area contributed by atoms with E-state index in [9.17, 15) is 4.79 Å². The van der Waals surface area contributed by atoms with E-state index in [1.54, 1.807) is 12.1 Å². The minimum absolute atomic E-state index is 0.196. The van der Waals surface area contributed by atoms with E-state index in [2.05, 4.69) is 15.9 Å². The van der Waals surface area contributed by atoms with Crippen LogP contribution in [0.5, 0.6) is 0 Å². The third-order valence-corrected chi connectivity index (χ3v) is 3.49. The Morgan fingerprint density at radius 3 is 2.65 bits per heavy atom. The number of hydrogen-bond donors (Lipinski definition) is 2. The first-order chi connectivity index (χ1) is 9.47. The second-order valence-electron chi connectivity index (χ2n) is 4.56. The van der Waals surface area contributed by atoms with Crippen LogP contribution in [0.1, 0.15) is 15.9 Å². The van der Waals surface area contributed by atoms with Crippen LogP contribution in [-0.2, 0) is 6.54 Å². The normalized spacial score (nSPS) is 10.3. The van der Waals surface area contributed by atoms with Gasteiger partial charge >= 0.3 is 5.97 Å². The molecule has 4 nitrogen and oxygen atoms in total. The summed E-state index contributed by atoms with van der Waals surface area (Å²) in [6.07, 6.45) is 0. The highest BCUT2D eigenvalue weighted by atomic mass is 79.9. The molecule has 0 heterocycles. The fourth-order valence-corrected chi connectivity index (χ4v) is 2.48. The van der Waals surface area contributed by atoms with Gasteiger partial charge in [0, 0.05) is 18.1 Å². The van der Waals surface area contributed by atoms with Crippen molar-refractivity contribution < 1.29 is 9.90 Å². The third-order valence-electron chi connectivity index (χ3n) is 2.99. The lowest BCUT2D eigenvalue weighted by Gasteiger charge is -2.21. The van der Waals surface area contributed by atoms with Crippen molar-refractivity contribution in [1.29, 1.82) is 0 Å². The molecule has 0 fully saturated rings. The highest BCUT2D eigenvalue weighted by molar-refractivity contribution is 9.10. The Labute approximate surface area is 126 Å². The van der Waals surface area contributed by atoms with Crippen molar-refractivity contribution in [2.45, 2.75) is 6.54 Å². The maximum atomic E-state index is 10.9. The summed E-state index contributed by atoms with van der Waals surface area (Å²) in [6.45, 7) is 0.691. The van der Waals surface area contributed by atoms with Crippen LogP contribution in [0.3, 0.4) is 0 Å². The number of aromatic carboxylic acids is 1. The van der Waals surface area contributed by atoms with Crippen LogP contribution in [0.15, 0.2) is 46.9 Å². The van der Waals surface area contributed by atoms with E-state index in [4.69, 9.17) is 10.8 Å². The highest BCUT2D eigenvalue weighted by Gasteiger charge is 2.10. The van der Waals surface area contributed by atoms with Gasteiger partial charge in [0.15, 0.2) is 0 Å². The molecule has 0 radical (unpaired) electrons. The minimum atomic E-state index is -0.974. The molecule has 5 heteroatoms. The van der Waals surface area contributed by atoms with Crippen molar-refractivity contribution in [3.8, 4) is 0 Å². The zero-order valence-corrected chi connectivity index (χ0v) is 12.6. The first-order valence-corrected chi connectivity index (χ1v) is 6.85. The molecule has 0 saturated heterocycles. The molecule has 20 heavy (non-hydrogen) atoms. The van der Waals surface area contributed by atoms with Crippen LogP contribution in [-0.4, -0.2) is 18.1 Å². The van der Waals surface area contributed by atoms with Gasteiger partial charge in [-0.25, -0.2) is 4.79 Å². The summed E-state index contributed by atoms with van der Waals surface area (Å²) in [4.78, 5) is 12.9. The lowest BCUT2D eigenvalue weighted by molar-refractivity contribution is 0.0697. The molecule has 0 aromatic heterocycles. The number of nitrogens with zero attached hydrogens (tertiary/aromatic N) is 1. The van der Waals surface area contributed by atoms with E-state index in [1.807, 2.05) is 36.2 Å². The summed E-state index contributed by atoms with van der Waals surface area (Å²) in [5.74, 6) is -0.974. The van der Waals surface area contributed by atoms with Gasteiger partial charge in [-0.15, -0.1) is 0 Å². The standard InChI is InChI=1S/C15H15BrN2O2/c1-18(9-10-3-2-4-12(16)7-10)14-6-5-11(15(19)20)8-13(14)17/h2-8H,9,17H2,1H3,(H,19,20). The van der Waals surface area contributed by atoms with Crippen LogP contribution in [0.4, 0.5) is 11.4 Å². The Balaban J connectivity index is 2.21. The van der Waals surface area contributed by atoms with E-state index in [0.717, 1.165) is 15.7 Å². The predicted molar refractivity (Wildman–Crippen MR) is 84.1 cm³/mol. The first-order valence-electron chi connectivity index (χ1n) is 6.06. The zero-order valence-electron chi connectivity index (χ0n) is 11.0. The maximum Gasteiger partial charge on any atom is 0.335 e. The molecule has 0 unspecified atom stereocenters. The summed E-state index contributed by atoms with van der Waals surface area (Å²) in [6, 6.07) is 12.8. The van der Waals surface area contributed by atoms with Crippen LogP contribution < -0.4 is 10.6 Å². The molecule has 0 spiro atoms. The van der Waals surface area contributed by atoms with Crippen molar-refractivity contribution >= 4 is 33.3 Å². The summed E-state index contributed by atoms with van der Waals surface area (Å²) >= 11 is 3.44. The molecule has 0 aliphatic rings. The average molecular weight is 335 g/mol. The van der Waals surface area contributed by atoms with Crippen molar-refractivity contribution in [3.63, 3.8) is 0 Å². The van der Waals surface area contributed by atoms with Crippen molar-refractivity contribution in [2.75, 3.05) is 17.7 Å². The van der Waals surface area contributed by atoms with Gasteiger partial charge in [0.2, 0.25) is 0 Å².